The Balaban J connectivity index is 1.87. The highest BCUT2D eigenvalue weighted by Crippen LogP contribution is 2.23. The van der Waals surface area contributed by atoms with Crippen LogP contribution < -0.4 is 5.32 Å². The molecule has 1 aromatic heterocycles. The van der Waals surface area contributed by atoms with Crippen molar-refractivity contribution in [2.24, 2.45) is 0 Å². The largest absolute Gasteiger partial charge is 0.481 e. The van der Waals surface area contributed by atoms with Crippen molar-refractivity contribution in [3.05, 3.63) is 53.7 Å². The van der Waals surface area contributed by atoms with Crippen LogP contribution in [0.2, 0.25) is 0 Å². The van der Waals surface area contributed by atoms with Crippen molar-refractivity contribution < 1.29 is 14.7 Å². The lowest BCUT2D eigenvalue weighted by Gasteiger charge is -2.11. The summed E-state index contributed by atoms with van der Waals surface area (Å²) in [5.41, 5.74) is 3.39. The predicted molar refractivity (Wildman–Crippen MR) is 97.5 cm³/mol. The average Bonchev–Trinajstić information content (AvgIpc) is 2.61. The summed E-state index contributed by atoms with van der Waals surface area (Å²) in [6.07, 6.45) is 5.29. The van der Waals surface area contributed by atoms with Crippen LogP contribution >= 0.6 is 0 Å². The topological polar surface area (TPSA) is 79.3 Å². The molecule has 0 unspecified atom stereocenters. The Kier molecular flexibility index (Phi) is 7.14. The molecule has 0 atom stereocenters. The molecule has 132 valence electrons. The minimum atomic E-state index is -0.753. The number of aromatic nitrogens is 1. The van der Waals surface area contributed by atoms with E-state index in [4.69, 9.17) is 5.11 Å². The number of nitrogens with zero attached hydrogens (tertiary/aromatic N) is 1. The third-order valence-corrected chi connectivity index (χ3v) is 4.12. The fourth-order valence-corrected chi connectivity index (χ4v) is 2.73. The number of aliphatic carboxylic acids is 1. The van der Waals surface area contributed by atoms with Gasteiger partial charge in [0, 0.05) is 30.3 Å². The van der Waals surface area contributed by atoms with E-state index >= 15 is 0 Å². The van der Waals surface area contributed by atoms with Crippen molar-refractivity contribution >= 4 is 11.9 Å². The molecule has 0 aliphatic carbocycles. The van der Waals surface area contributed by atoms with E-state index in [9.17, 15) is 9.59 Å². The molecule has 1 aromatic carbocycles. The highest BCUT2D eigenvalue weighted by Gasteiger charge is 2.12. The number of hydrogen-bond donors (Lipinski definition) is 2. The van der Waals surface area contributed by atoms with Gasteiger partial charge in [-0.15, -0.1) is 0 Å². The van der Waals surface area contributed by atoms with Gasteiger partial charge in [-0.3, -0.25) is 14.6 Å². The van der Waals surface area contributed by atoms with Crippen molar-refractivity contribution in [1.82, 2.24) is 10.3 Å². The van der Waals surface area contributed by atoms with Gasteiger partial charge in [0.25, 0.3) is 5.91 Å². The number of unbranched alkanes of at least 4 members (excludes halogenated alkanes) is 3. The van der Waals surface area contributed by atoms with Crippen molar-refractivity contribution in [1.29, 1.82) is 0 Å². The number of carbonyl (C=O) groups is 2. The average molecular weight is 340 g/mol. The SMILES string of the molecule is Cc1c(C(=O)NCCCCCCC(=O)O)cccc1-c1ccccn1. The zero-order valence-corrected chi connectivity index (χ0v) is 14.5. The monoisotopic (exact) mass is 340 g/mol. The fourth-order valence-electron chi connectivity index (χ4n) is 2.73. The van der Waals surface area contributed by atoms with Crippen LogP contribution in [0.25, 0.3) is 11.3 Å². The van der Waals surface area contributed by atoms with Gasteiger partial charge < -0.3 is 10.4 Å². The van der Waals surface area contributed by atoms with Gasteiger partial charge in [-0.1, -0.05) is 31.0 Å². The van der Waals surface area contributed by atoms with Crippen LogP contribution in [0.5, 0.6) is 0 Å². The van der Waals surface area contributed by atoms with Crippen LogP contribution in [-0.2, 0) is 4.79 Å². The second-order valence-corrected chi connectivity index (χ2v) is 6.01. The minimum absolute atomic E-state index is 0.0826. The molecule has 5 nitrogen and oxygen atoms in total. The summed E-state index contributed by atoms with van der Waals surface area (Å²) in [7, 11) is 0. The van der Waals surface area contributed by atoms with Crippen molar-refractivity contribution in [2.75, 3.05) is 6.54 Å². The van der Waals surface area contributed by atoms with E-state index in [1.165, 1.54) is 0 Å². The molecular formula is C20H24N2O3. The number of carbonyl (C=O) groups excluding carboxylic acids is 1. The Hall–Kier alpha value is -2.69. The molecule has 0 spiro atoms. The molecule has 2 rings (SSSR count). The summed E-state index contributed by atoms with van der Waals surface area (Å²) in [5.74, 6) is -0.836. The minimum Gasteiger partial charge on any atom is -0.481 e. The fraction of sp³-hybridized carbons (Fsp3) is 0.350. The number of amides is 1. The van der Waals surface area contributed by atoms with E-state index in [2.05, 4.69) is 10.3 Å². The molecule has 2 aromatic rings. The summed E-state index contributed by atoms with van der Waals surface area (Å²) in [6.45, 7) is 2.53. The normalized spacial score (nSPS) is 10.4. The van der Waals surface area contributed by atoms with Crippen LogP contribution in [0.3, 0.4) is 0 Å². The Morgan fingerprint density at radius 3 is 2.56 bits per heavy atom. The van der Waals surface area contributed by atoms with Crippen LogP contribution in [0.15, 0.2) is 42.6 Å². The van der Waals surface area contributed by atoms with Crippen LogP contribution in [0.1, 0.15) is 48.0 Å². The number of carboxylic acid groups (broad SMARTS) is 1. The lowest BCUT2D eigenvalue weighted by molar-refractivity contribution is -0.137. The first-order valence-electron chi connectivity index (χ1n) is 8.60. The van der Waals surface area contributed by atoms with Crippen LogP contribution in [0.4, 0.5) is 0 Å². The van der Waals surface area contributed by atoms with Crippen molar-refractivity contribution in [3.63, 3.8) is 0 Å². The maximum Gasteiger partial charge on any atom is 0.303 e. The summed E-state index contributed by atoms with van der Waals surface area (Å²) in [6, 6.07) is 11.4. The summed E-state index contributed by atoms with van der Waals surface area (Å²) in [4.78, 5) is 27.2. The maximum atomic E-state index is 12.4. The molecule has 0 aliphatic rings. The predicted octanol–water partition coefficient (Wildman–Crippen LogP) is 3.82. The van der Waals surface area contributed by atoms with Gasteiger partial charge in [-0.25, -0.2) is 0 Å². The Morgan fingerprint density at radius 2 is 1.84 bits per heavy atom. The first kappa shape index (κ1) is 18.6. The van der Waals surface area contributed by atoms with Gasteiger partial charge in [-0.2, -0.15) is 0 Å². The first-order chi connectivity index (χ1) is 12.1. The Labute approximate surface area is 148 Å². The lowest BCUT2D eigenvalue weighted by atomic mass is 9.99. The molecule has 25 heavy (non-hydrogen) atoms. The molecule has 1 amide bonds. The highest BCUT2D eigenvalue weighted by atomic mass is 16.4. The zero-order valence-electron chi connectivity index (χ0n) is 14.5. The molecular weight excluding hydrogens is 316 g/mol. The van der Waals surface area contributed by atoms with Crippen LogP contribution in [0, 0.1) is 6.92 Å². The van der Waals surface area contributed by atoms with E-state index in [0.717, 1.165) is 36.1 Å². The lowest BCUT2D eigenvalue weighted by Crippen LogP contribution is -2.25. The Bertz CT molecular complexity index is 714. The van der Waals surface area contributed by atoms with E-state index in [1.54, 1.807) is 6.20 Å². The molecule has 0 aliphatic heterocycles. The van der Waals surface area contributed by atoms with Gasteiger partial charge in [0.1, 0.15) is 0 Å². The number of nitrogens with one attached hydrogen (secondary N) is 1. The molecule has 0 bridgehead atoms. The van der Waals surface area contributed by atoms with Gasteiger partial charge >= 0.3 is 5.97 Å². The highest BCUT2D eigenvalue weighted by molar-refractivity contribution is 5.97. The second-order valence-electron chi connectivity index (χ2n) is 6.01. The van der Waals surface area contributed by atoms with E-state index in [-0.39, 0.29) is 12.3 Å². The van der Waals surface area contributed by atoms with E-state index in [1.807, 2.05) is 43.3 Å². The summed E-state index contributed by atoms with van der Waals surface area (Å²) >= 11 is 0. The quantitative estimate of drug-likeness (QED) is 0.680. The number of hydrogen-bond acceptors (Lipinski definition) is 3. The molecule has 0 fully saturated rings. The van der Waals surface area contributed by atoms with Gasteiger partial charge in [0.2, 0.25) is 0 Å². The molecule has 0 radical (unpaired) electrons. The van der Waals surface area contributed by atoms with Crippen molar-refractivity contribution in [3.8, 4) is 11.3 Å². The van der Waals surface area contributed by atoms with E-state index in [0.29, 0.717) is 18.5 Å². The van der Waals surface area contributed by atoms with Gasteiger partial charge in [0.15, 0.2) is 0 Å². The zero-order chi connectivity index (χ0) is 18.1. The third kappa shape index (κ3) is 5.71. The molecule has 5 heteroatoms. The van der Waals surface area contributed by atoms with Gasteiger partial charge in [0.05, 0.1) is 5.69 Å². The number of carboxylic acids is 1. The summed E-state index contributed by atoms with van der Waals surface area (Å²) in [5, 5.41) is 11.5. The maximum absolute atomic E-state index is 12.4. The first-order valence-corrected chi connectivity index (χ1v) is 8.60. The number of pyridine rings is 1. The van der Waals surface area contributed by atoms with E-state index < -0.39 is 5.97 Å². The van der Waals surface area contributed by atoms with Crippen LogP contribution in [-0.4, -0.2) is 28.5 Å². The van der Waals surface area contributed by atoms with Crippen molar-refractivity contribution in [2.45, 2.75) is 39.0 Å². The summed E-state index contributed by atoms with van der Waals surface area (Å²) < 4.78 is 0. The molecule has 0 saturated heterocycles. The molecule has 0 saturated carbocycles. The second kappa shape index (κ2) is 9.57. The number of rotatable bonds is 9. The molecule has 1 heterocycles. The smallest absolute Gasteiger partial charge is 0.303 e. The van der Waals surface area contributed by atoms with Gasteiger partial charge in [-0.05, 0) is 43.5 Å². The molecule has 2 N–H and O–H groups in total. The Morgan fingerprint density at radius 1 is 1.04 bits per heavy atom. The third-order valence-electron chi connectivity index (χ3n) is 4.12. The number of benzene rings is 1. The standard InChI is InChI=1S/C20H24N2O3/c1-15-16(18-11-5-7-13-21-18)9-8-10-17(15)20(25)22-14-6-3-2-4-12-19(23)24/h5,7-11,13H,2-4,6,12,14H2,1H3,(H,22,25)(H,23,24).